The fraction of sp³-hybridized carbons (Fsp3) is 0.667. The van der Waals surface area contributed by atoms with Crippen LogP contribution in [0, 0.1) is 0 Å². The molecule has 1 aromatic heterocycles. The molecular formula is C15H23N3O3S. The molecule has 7 heteroatoms. The Kier molecular flexibility index (Phi) is 5.52. The standard InChI is InChI=1S/C15H23N3O3S/c1-15(2,3)21-14(20)17-9-11-5-4-7-18(11)10-12(19)13-16-6-8-22-13/h6,8,11H,4-5,7,9-10H2,1-3H3,(H,17,20)/t11-/m0/s1. The van der Waals surface area contributed by atoms with Crippen molar-refractivity contribution in [2.45, 2.75) is 45.3 Å². The summed E-state index contributed by atoms with van der Waals surface area (Å²) in [5.41, 5.74) is -0.500. The summed E-state index contributed by atoms with van der Waals surface area (Å²) in [5.74, 6) is 0.0409. The molecule has 1 aliphatic heterocycles. The van der Waals surface area contributed by atoms with Crippen molar-refractivity contribution in [1.82, 2.24) is 15.2 Å². The number of ether oxygens (including phenoxy) is 1. The van der Waals surface area contributed by atoms with Crippen LogP contribution in [-0.4, -0.2) is 53.0 Å². The van der Waals surface area contributed by atoms with Crippen LogP contribution in [-0.2, 0) is 4.74 Å². The normalized spacial score (nSPS) is 19.1. The first kappa shape index (κ1) is 16.9. The molecule has 0 bridgehead atoms. The quantitative estimate of drug-likeness (QED) is 0.841. The third-order valence-corrected chi connectivity index (χ3v) is 4.21. The lowest BCUT2D eigenvalue weighted by Gasteiger charge is -2.25. The second kappa shape index (κ2) is 7.19. The summed E-state index contributed by atoms with van der Waals surface area (Å²) in [4.78, 5) is 30.0. The van der Waals surface area contributed by atoms with E-state index < -0.39 is 11.7 Å². The number of alkyl carbamates (subject to hydrolysis) is 1. The third-order valence-electron chi connectivity index (χ3n) is 3.40. The number of nitrogens with zero attached hydrogens (tertiary/aromatic N) is 2. The fourth-order valence-electron chi connectivity index (χ4n) is 2.46. The molecule has 1 fully saturated rings. The minimum atomic E-state index is -0.500. The predicted octanol–water partition coefficient (Wildman–Crippen LogP) is 2.31. The third kappa shape index (κ3) is 5.06. The first-order chi connectivity index (χ1) is 10.3. The maximum atomic E-state index is 12.1. The molecule has 6 nitrogen and oxygen atoms in total. The van der Waals surface area contributed by atoms with Crippen molar-refractivity contribution in [2.24, 2.45) is 0 Å². The van der Waals surface area contributed by atoms with E-state index in [1.807, 2.05) is 20.8 Å². The highest BCUT2D eigenvalue weighted by atomic mass is 32.1. The van der Waals surface area contributed by atoms with Gasteiger partial charge in [0.2, 0.25) is 5.78 Å². The van der Waals surface area contributed by atoms with Crippen molar-refractivity contribution < 1.29 is 14.3 Å². The highest BCUT2D eigenvalue weighted by molar-refractivity contribution is 7.11. The number of amides is 1. The van der Waals surface area contributed by atoms with Crippen LogP contribution in [0.1, 0.15) is 43.4 Å². The van der Waals surface area contributed by atoms with E-state index in [2.05, 4.69) is 15.2 Å². The molecule has 0 aromatic carbocycles. The average molecular weight is 325 g/mol. The van der Waals surface area contributed by atoms with Crippen LogP contribution in [0.2, 0.25) is 0 Å². The maximum absolute atomic E-state index is 12.1. The molecule has 1 aromatic rings. The van der Waals surface area contributed by atoms with Crippen LogP contribution in [0.3, 0.4) is 0 Å². The lowest BCUT2D eigenvalue weighted by Crippen LogP contribution is -2.43. The summed E-state index contributed by atoms with van der Waals surface area (Å²) >= 11 is 1.36. The van der Waals surface area contributed by atoms with Gasteiger partial charge in [0, 0.05) is 24.2 Å². The predicted molar refractivity (Wildman–Crippen MR) is 85.3 cm³/mol. The molecule has 0 spiro atoms. The zero-order valence-electron chi connectivity index (χ0n) is 13.3. The number of thiazole rings is 1. The van der Waals surface area contributed by atoms with Crippen LogP contribution in [0.5, 0.6) is 0 Å². The summed E-state index contributed by atoms with van der Waals surface area (Å²) < 4.78 is 5.23. The van der Waals surface area contributed by atoms with Gasteiger partial charge in [0.25, 0.3) is 0 Å². The van der Waals surface area contributed by atoms with E-state index in [0.29, 0.717) is 18.1 Å². The highest BCUT2D eigenvalue weighted by Crippen LogP contribution is 2.18. The van der Waals surface area contributed by atoms with Crippen LogP contribution in [0.15, 0.2) is 11.6 Å². The fourth-order valence-corrected chi connectivity index (χ4v) is 3.03. The largest absolute Gasteiger partial charge is 0.444 e. The Morgan fingerprint density at radius 3 is 2.91 bits per heavy atom. The number of likely N-dealkylation sites (tertiary alicyclic amines) is 1. The molecule has 22 heavy (non-hydrogen) atoms. The summed E-state index contributed by atoms with van der Waals surface area (Å²) in [6.07, 6.45) is 3.24. The van der Waals surface area contributed by atoms with E-state index in [-0.39, 0.29) is 11.8 Å². The van der Waals surface area contributed by atoms with Crippen molar-refractivity contribution in [1.29, 1.82) is 0 Å². The number of carbonyl (C=O) groups is 2. The van der Waals surface area contributed by atoms with Gasteiger partial charge in [0.1, 0.15) is 5.60 Å². The average Bonchev–Trinajstić information content (AvgIpc) is 3.05. The van der Waals surface area contributed by atoms with E-state index in [0.717, 1.165) is 19.4 Å². The second-order valence-electron chi connectivity index (χ2n) is 6.41. The van der Waals surface area contributed by atoms with Gasteiger partial charge in [0.15, 0.2) is 5.01 Å². The molecule has 0 radical (unpaired) electrons. The van der Waals surface area contributed by atoms with E-state index in [4.69, 9.17) is 4.74 Å². The zero-order valence-corrected chi connectivity index (χ0v) is 14.1. The number of hydrogen-bond acceptors (Lipinski definition) is 6. The second-order valence-corrected chi connectivity index (χ2v) is 7.30. The molecule has 1 aliphatic rings. The Morgan fingerprint density at radius 1 is 1.50 bits per heavy atom. The number of hydrogen-bond donors (Lipinski definition) is 1. The van der Waals surface area contributed by atoms with Gasteiger partial charge in [0.05, 0.1) is 6.54 Å². The summed E-state index contributed by atoms with van der Waals surface area (Å²) in [7, 11) is 0. The van der Waals surface area contributed by atoms with Gasteiger partial charge >= 0.3 is 6.09 Å². The summed E-state index contributed by atoms with van der Waals surface area (Å²) in [6, 6.07) is 0.177. The number of carbonyl (C=O) groups excluding carboxylic acids is 2. The Hall–Kier alpha value is -1.47. The van der Waals surface area contributed by atoms with E-state index in [1.54, 1.807) is 11.6 Å². The molecule has 0 saturated carbocycles. The van der Waals surface area contributed by atoms with Crippen LogP contribution < -0.4 is 5.32 Å². The molecule has 2 heterocycles. The van der Waals surface area contributed by atoms with Gasteiger partial charge in [-0.25, -0.2) is 9.78 Å². The minimum absolute atomic E-state index is 0.0409. The first-order valence-electron chi connectivity index (χ1n) is 7.49. The van der Waals surface area contributed by atoms with Crippen molar-refractivity contribution >= 4 is 23.2 Å². The monoisotopic (exact) mass is 325 g/mol. The number of aromatic nitrogens is 1. The van der Waals surface area contributed by atoms with Crippen LogP contribution in [0.25, 0.3) is 0 Å². The number of nitrogens with one attached hydrogen (secondary N) is 1. The van der Waals surface area contributed by atoms with Crippen molar-refractivity contribution in [3.63, 3.8) is 0 Å². The smallest absolute Gasteiger partial charge is 0.407 e. The summed E-state index contributed by atoms with van der Waals surface area (Å²) in [6.45, 7) is 7.23. The first-order valence-corrected chi connectivity index (χ1v) is 8.37. The maximum Gasteiger partial charge on any atom is 0.407 e. The van der Waals surface area contributed by atoms with Gasteiger partial charge in [-0.15, -0.1) is 11.3 Å². The molecular weight excluding hydrogens is 302 g/mol. The summed E-state index contributed by atoms with van der Waals surface area (Å²) in [5, 5.41) is 5.14. The Morgan fingerprint density at radius 2 is 2.27 bits per heavy atom. The van der Waals surface area contributed by atoms with Crippen molar-refractivity contribution in [2.75, 3.05) is 19.6 Å². The molecule has 122 valence electrons. The topological polar surface area (TPSA) is 71.5 Å². The minimum Gasteiger partial charge on any atom is -0.444 e. The lowest BCUT2D eigenvalue weighted by molar-refractivity contribution is 0.0514. The molecule has 1 saturated heterocycles. The lowest BCUT2D eigenvalue weighted by atomic mass is 10.2. The zero-order chi connectivity index (χ0) is 16.2. The molecule has 1 atom stereocenters. The van der Waals surface area contributed by atoms with E-state index in [9.17, 15) is 9.59 Å². The van der Waals surface area contributed by atoms with Gasteiger partial charge in [-0.2, -0.15) is 0 Å². The molecule has 0 aliphatic carbocycles. The van der Waals surface area contributed by atoms with Gasteiger partial charge < -0.3 is 10.1 Å². The van der Waals surface area contributed by atoms with Crippen LogP contribution >= 0.6 is 11.3 Å². The Bertz CT molecular complexity index is 511. The number of ketones is 1. The van der Waals surface area contributed by atoms with Gasteiger partial charge in [-0.3, -0.25) is 9.69 Å². The molecule has 1 N–H and O–H groups in total. The number of rotatable bonds is 5. The van der Waals surface area contributed by atoms with Crippen molar-refractivity contribution in [3.8, 4) is 0 Å². The van der Waals surface area contributed by atoms with E-state index >= 15 is 0 Å². The van der Waals surface area contributed by atoms with Gasteiger partial charge in [-0.1, -0.05) is 0 Å². The highest BCUT2D eigenvalue weighted by Gasteiger charge is 2.28. The molecule has 2 rings (SSSR count). The van der Waals surface area contributed by atoms with Gasteiger partial charge in [-0.05, 0) is 40.2 Å². The Balaban J connectivity index is 1.81. The SMILES string of the molecule is CC(C)(C)OC(=O)NC[C@@H]1CCCN1CC(=O)c1nccs1. The Labute approximate surface area is 134 Å². The van der Waals surface area contributed by atoms with E-state index in [1.165, 1.54) is 11.3 Å². The van der Waals surface area contributed by atoms with Crippen LogP contribution in [0.4, 0.5) is 4.79 Å². The number of Topliss-reactive ketones (excluding diaryl/α,β-unsaturated/α-hetero) is 1. The molecule has 0 unspecified atom stereocenters. The van der Waals surface area contributed by atoms with Crippen molar-refractivity contribution in [3.05, 3.63) is 16.6 Å². The molecule has 1 amide bonds.